The van der Waals surface area contributed by atoms with Crippen LogP contribution in [0.15, 0.2) is 16.3 Å². The fourth-order valence-corrected chi connectivity index (χ4v) is 3.31. The first kappa shape index (κ1) is 15.1. The Morgan fingerprint density at radius 2 is 2.11 bits per heavy atom. The summed E-state index contributed by atoms with van der Waals surface area (Å²) in [5, 5.41) is 26.9. The van der Waals surface area contributed by atoms with Crippen LogP contribution in [0.3, 0.4) is 0 Å². The lowest BCUT2D eigenvalue weighted by Crippen LogP contribution is -2.43. The van der Waals surface area contributed by atoms with Gasteiger partial charge in [-0.15, -0.1) is 11.3 Å². The Morgan fingerprint density at radius 1 is 1.50 bits per heavy atom. The minimum atomic E-state index is -3.88. The van der Waals surface area contributed by atoms with Crippen LogP contribution >= 0.6 is 11.3 Å². The predicted molar refractivity (Wildman–Crippen MR) is 64.2 cm³/mol. The molecule has 0 aliphatic carbocycles. The molecule has 0 fully saturated rings. The number of carboxylic acids is 1. The zero-order valence-electron chi connectivity index (χ0n) is 9.45. The van der Waals surface area contributed by atoms with Crippen molar-refractivity contribution in [2.24, 2.45) is 0 Å². The van der Waals surface area contributed by atoms with Crippen LogP contribution in [0.4, 0.5) is 0 Å². The average molecular weight is 295 g/mol. The second kappa shape index (κ2) is 5.33. The standard InChI is InChI=1S/C9H13NO6S2/c1-9(14,5-11)4-10-18(15,16)7-3-2-6(17-7)8(12)13/h2-3,10-11,14H,4-5H2,1H3,(H,12,13). The van der Waals surface area contributed by atoms with Gasteiger partial charge in [0.05, 0.1) is 12.2 Å². The van der Waals surface area contributed by atoms with Crippen molar-refractivity contribution >= 4 is 27.3 Å². The minimum absolute atomic E-state index is 0.0932. The number of hydrogen-bond donors (Lipinski definition) is 4. The maximum atomic E-state index is 11.7. The van der Waals surface area contributed by atoms with Gasteiger partial charge in [-0.3, -0.25) is 0 Å². The summed E-state index contributed by atoms with van der Waals surface area (Å²) < 4.78 is 25.4. The largest absolute Gasteiger partial charge is 0.477 e. The van der Waals surface area contributed by atoms with Gasteiger partial charge in [-0.1, -0.05) is 0 Å². The van der Waals surface area contributed by atoms with Gasteiger partial charge in [0.15, 0.2) is 0 Å². The molecule has 0 aliphatic heterocycles. The highest BCUT2D eigenvalue weighted by atomic mass is 32.2. The molecule has 1 rings (SSSR count). The van der Waals surface area contributed by atoms with Crippen molar-refractivity contribution in [1.29, 1.82) is 0 Å². The van der Waals surface area contributed by atoms with E-state index in [4.69, 9.17) is 10.2 Å². The Labute approximate surface area is 108 Å². The number of carboxylic acid groups (broad SMARTS) is 1. The van der Waals surface area contributed by atoms with Crippen LogP contribution in [0.25, 0.3) is 0 Å². The summed E-state index contributed by atoms with van der Waals surface area (Å²) in [5.74, 6) is -1.20. The third-order valence-electron chi connectivity index (χ3n) is 2.04. The summed E-state index contributed by atoms with van der Waals surface area (Å²) in [4.78, 5) is 10.5. The highest BCUT2D eigenvalue weighted by molar-refractivity contribution is 7.91. The SMILES string of the molecule is CC(O)(CO)CNS(=O)(=O)c1ccc(C(=O)O)s1. The molecule has 0 bridgehead atoms. The van der Waals surface area contributed by atoms with Crippen molar-refractivity contribution in [1.82, 2.24) is 4.72 Å². The summed E-state index contributed by atoms with van der Waals surface area (Å²) in [5.41, 5.74) is -1.57. The summed E-state index contributed by atoms with van der Waals surface area (Å²) >= 11 is 0.612. The van der Waals surface area contributed by atoms with E-state index in [1.165, 1.54) is 19.1 Å². The monoisotopic (exact) mass is 295 g/mol. The quantitative estimate of drug-likeness (QED) is 0.559. The van der Waals surface area contributed by atoms with E-state index in [-0.39, 0.29) is 15.6 Å². The van der Waals surface area contributed by atoms with Crippen molar-refractivity contribution in [2.75, 3.05) is 13.2 Å². The predicted octanol–water partition coefficient (Wildman–Crippen LogP) is -0.532. The van der Waals surface area contributed by atoms with Gasteiger partial charge >= 0.3 is 5.97 Å². The average Bonchev–Trinajstić information content (AvgIpc) is 2.77. The highest BCUT2D eigenvalue weighted by Crippen LogP contribution is 2.21. The molecular formula is C9H13NO6S2. The molecule has 0 aliphatic rings. The Balaban J connectivity index is 2.83. The second-order valence-corrected chi connectivity index (χ2v) is 6.98. The summed E-state index contributed by atoms with van der Waals surface area (Å²) in [6.45, 7) is 0.305. The van der Waals surface area contributed by atoms with Crippen LogP contribution in [0.5, 0.6) is 0 Å². The molecule has 18 heavy (non-hydrogen) atoms. The van der Waals surface area contributed by atoms with Gasteiger partial charge in [-0.05, 0) is 19.1 Å². The lowest BCUT2D eigenvalue weighted by atomic mass is 10.1. The fraction of sp³-hybridized carbons (Fsp3) is 0.444. The van der Waals surface area contributed by atoms with Gasteiger partial charge in [0.1, 0.15) is 9.09 Å². The molecule has 0 aromatic carbocycles. The Kier molecular flexibility index (Phi) is 4.46. The first-order chi connectivity index (χ1) is 8.18. The molecule has 0 spiro atoms. The Bertz CT molecular complexity index is 533. The first-order valence-corrected chi connectivity index (χ1v) is 7.14. The van der Waals surface area contributed by atoms with Crippen LogP contribution < -0.4 is 4.72 Å². The minimum Gasteiger partial charge on any atom is -0.477 e. The molecule has 1 atom stereocenters. The topological polar surface area (TPSA) is 124 Å². The maximum absolute atomic E-state index is 11.7. The van der Waals surface area contributed by atoms with E-state index in [2.05, 4.69) is 4.72 Å². The van der Waals surface area contributed by atoms with Gasteiger partial charge in [0.2, 0.25) is 10.0 Å². The summed E-state index contributed by atoms with van der Waals surface area (Å²) in [6, 6.07) is 2.36. The molecule has 4 N–H and O–H groups in total. The van der Waals surface area contributed by atoms with E-state index >= 15 is 0 Å². The molecule has 1 aromatic heterocycles. The molecule has 1 heterocycles. The number of sulfonamides is 1. The van der Waals surface area contributed by atoms with Gasteiger partial charge in [0.25, 0.3) is 0 Å². The van der Waals surface area contributed by atoms with Crippen LogP contribution in [0, 0.1) is 0 Å². The van der Waals surface area contributed by atoms with Gasteiger partial charge in [-0.2, -0.15) is 0 Å². The van der Waals surface area contributed by atoms with E-state index < -0.39 is 28.2 Å². The van der Waals surface area contributed by atoms with Crippen LogP contribution in [0.2, 0.25) is 0 Å². The van der Waals surface area contributed by atoms with E-state index in [0.717, 1.165) is 0 Å². The van der Waals surface area contributed by atoms with Crippen molar-refractivity contribution < 1.29 is 28.5 Å². The molecule has 0 saturated carbocycles. The van der Waals surface area contributed by atoms with E-state index in [1.807, 2.05) is 0 Å². The second-order valence-electron chi connectivity index (χ2n) is 3.90. The normalized spacial score (nSPS) is 15.3. The number of carbonyl (C=O) groups is 1. The number of aliphatic hydroxyl groups excluding tert-OH is 1. The van der Waals surface area contributed by atoms with Gasteiger partial charge in [0, 0.05) is 6.54 Å². The smallest absolute Gasteiger partial charge is 0.345 e. The van der Waals surface area contributed by atoms with Gasteiger partial charge in [-0.25, -0.2) is 17.9 Å². The lowest BCUT2D eigenvalue weighted by Gasteiger charge is -2.20. The van der Waals surface area contributed by atoms with E-state index in [1.54, 1.807) is 0 Å². The molecule has 1 aromatic rings. The third-order valence-corrected chi connectivity index (χ3v) is 5.01. The Morgan fingerprint density at radius 3 is 2.56 bits per heavy atom. The third kappa shape index (κ3) is 3.75. The van der Waals surface area contributed by atoms with E-state index in [0.29, 0.717) is 11.3 Å². The maximum Gasteiger partial charge on any atom is 0.345 e. The lowest BCUT2D eigenvalue weighted by molar-refractivity contribution is 0.00682. The number of hydrogen-bond acceptors (Lipinski definition) is 6. The number of aromatic carboxylic acids is 1. The number of rotatable bonds is 6. The van der Waals surface area contributed by atoms with Gasteiger partial charge < -0.3 is 15.3 Å². The van der Waals surface area contributed by atoms with E-state index in [9.17, 15) is 18.3 Å². The highest BCUT2D eigenvalue weighted by Gasteiger charge is 2.24. The number of nitrogens with one attached hydrogen (secondary N) is 1. The molecule has 0 saturated heterocycles. The molecule has 0 amide bonds. The zero-order valence-corrected chi connectivity index (χ0v) is 11.1. The first-order valence-electron chi connectivity index (χ1n) is 4.84. The molecule has 0 radical (unpaired) electrons. The molecule has 9 heteroatoms. The van der Waals surface area contributed by atoms with Crippen molar-refractivity contribution in [2.45, 2.75) is 16.7 Å². The van der Waals surface area contributed by atoms with Crippen LogP contribution in [-0.2, 0) is 10.0 Å². The molecular weight excluding hydrogens is 282 g/mol. The summed E-state index contributed by atoms with van der Waals surface area (Å²) in [7, 11) is -3.88. The number of thiophene rings is 1. The number of aliphatic hydroxyl groups is 2. The van der Waals surface area contributed by atoms with Crippen LogP contribution in [0.1, 0.15) is 16.6 Å². The van der Waals surface area contributed by atoms with Crippen molar-refractivity contribution in [3.63, 3.8) is 0 Å². The van der Waals surface area contributed by atoms with Crippen molar-refractivity contribution in [3.05, 3.63) is 17.0 Å². The molecule has 1 unspecified atom stereocenters. The summed E-state index contributed by atoms with van der Waals surface area (Å²) in [6.07, 6.45) is 0. The zero-order chi connectivity index (χ0) is 14.0. The van der Waals surface area contributed by atoms with Crippen LogP contribution in [-0.4, -0.2) is 48.5 Å². The molecule has 102 valence electrons. The van der Waals surface area contributed by atoms with Crippen molar-refractivity contribution in [3.8, 4) is 0 Å². The Hall–Kier alpha value is -1.00. The fourth-order valence-electron chi connectivity index (χ4n) is 0.957. The molecule has 7 nitrogen and oxygen atoms in total.